The lowest BCUT2D eigenvalue weighted by atomic mass is 9.98. The summed E-state index contributed by atoms with van der Waals surface area (Å²) < 4.78 is 6.92. The van der Waals surface area contributed by atoms with Crippen molar-refractivity contribution in [1.82, 2.24) is 9.55 Å². The standard InChI is InChI=1S/C16H17ClN2O2/c1-10-3-5-11(6-4-10)15-18-14(17)13-8-7-12(9-19(13)15)16(20)21-2/h3-6,12H,7-9H2,1-2H3. The molecule has 2 heterocycles. The van der Waals surface area contributed by atoms with Crippen LogP contribution in [0.25, 0.3) is 11.4 Å². The highest BCUT2D eigenvalue weighted by Crippen LogP contribution is 2.32. The molecule has 1 aliphatic heterocycles. The van der Waals surface area contributed by atoms with Crippen LogP contribution in [0.3, 0.4) is 0 Å². The van der Waals surface area contributed by atoms with Crippen LogP contribution in [0.1, 0.15) is 17.7 Å². The molecule has 3 rings (SSSR count). The second kappa shape index (κ2) is 5.53. The lowest BCUT2D eigenvalue weighted by molar-refractivity contribution is -0.146. The zero-order valence-electron chi connectivity index (χ0n) is 12.1. The minimum absolute atomic E-state index is 0.128. The molecule has 0 bridgehead atoms. The Morgan fingerprint density at radius 2 is 2.10 bits per heavy atom. The number of carbonyl (C=O) groups is 1. The molecular weight excluding hydrogens is 288 g/mol. The predicted molar refractivity (Wildman–Crippen MR) is 81.2 cm³/mol. The molecule has 1 aliphatic rings. The fourth-order valence-corrected chi connectivity index (χ4v) is 3.07. The van der Waals surface area contributed by atoms with Crippen molar-refractivity contribution in [2.45, 2.75) is 26.3 Å². The van der Waals surface area contributed by atoms with Gasteiger partial charge in [-0.15, -0.1) is 0 Å². The van der Waals surface area contributed by atoms with Gasteiger partial charge in [0.15, 0.2) is 5.15 Å². The molecule has 1 aromatic heterocycles. The van der Waals surface area contributed by atoms with Gasteiger partial charge >= 0.3 is 5.97 Å². The van der Waals surface area contributed by atoms with E-state index in [4.69, 9.17) is 16.3 Å². The SMILES string of the molecule is COC(=O)C1CCc2c(Cl)nc(-c3ccc(C)cc3)n2C1. The quantitative estimate of drug-likeness (QED) is 0.800. The first kappa shape index (κ1) is 14.1. The molecule has 0 fully saturated rings. The Labute approximate surface area is 128 Å². The summed E-state index contributed by atoms with van der Waals surface area (Å²) >= 11 is 6.26. The molecule has 4 nitrogen and oxygen atoms in total. The largest absolute Gasteiger partial charge is 0.469 e. The maximum atomic E-state index is 11.8. The number of nitrogens with zero attached hydrogens (tertiary/aromatic N) is 2. The summed E-state index contributed by atoms with van der Waals surface area (Å²) in [5.41, 5.74) is 3.22. The van der Waals surface area contributed by atoms with Crippen molar-refractivity contribution in [2.75, 3.05) is 7.11 Å². The van der Waals surface area contributed by atoms with Crippen LogP contribution >= 0.6 is 11.6 Å². The Morgan fingerprint density at radius 1 is 1.38 bits per heavy atom. The van der Waals surface area contributed by atoms with E-state index in [-0.39, 0.29) is 11.9 Å². The number of hydrogen-bond donors (Lipinski definition) is 0. The molecular formula is C16H17ClN2O2. The molecule has 0 saturated carbocycles. The van der Waals surface area contributed by atoms with Gasteiger partial charge in [-0.25, -0.2) is 4.98 Å². The van der Waals surface area contributed by atoms with Gasteiger partial charge in [-0.05, 0) is 19.8 Å². The van der Waals surface area contributed by atoms with E-state index in [1.807, 2.05) is 31.2 Å². The van der Waals surface area contributed by atoms with Crippen molar-refractivity contribution in [3.05, 3.63) is 40.7 Å². The number of aromatic nitrogens is 2. The van der Waals surface area contributed by atoms with Gasteiger partial charge in [0, 0.05) is 12.1 Å². The highest BCUT2D eigenvalue weighted by Gasteiger charge is 2.29. The average molecular weight is 305 g/mol. The number of hydrogen-bond acceptors (Lipinski definition) is 3. The molecule has 0 amide bonds. The van der Waals surface area contributed by atoms with Crippen LogP contribution in [0.15, 0.2) is 24.3 Å². The van der Waals surface area contributed by atoms with Crippen LogP contribution in [0, 0.1) is 12.8 Å². The summed E-state index contributed by atoms with van der Waals surface area (Å²) in [6, 6.07) is 8.16. The molecule has 1 atom stereocenters. The van der Waals surface area contributed by atoms with Crippen LogP contribution in [0.4, 0.5) is 0 Å². The molecule has 0 saturated heterocycles. The third kappa shape index (κ3) is 2.56. The molecule has 0 radical (unpaired) electrons. The van der Waals surface area contributed by atoms with Gasteiger partial charge in [-0.2, -0.15) is 0 Å². The number of ether oxygens (including phenoxy) is 1. The Hall–Kier alpha value is -1.81. The zero-order valence-corrected chi connectivity index (χ0v) is 12.9. The smallest absolute Gasteiger partial charge is 0.310 e. The van der Waals surface area contributed by atoms with Crippen molar-refractivity contribution in [2.24, 2.45) is 5.92 Å². The van der Waals surface area contributed by atoms with Crippen LogP contribution in [-0.2, 0) is 22.5 Å². The van der Waals surface area contributed by atoms with Crippen LogP contribution < -0.4 is 0 Å². The number of imidazole rings is 1. The Kier molecular flexibility index (Phi) is 3.72. The Balaban J connectivity index is 2.01. The van der Waals surface area contributed by atoms with Crippen molar-refractivity contribution in [3.8, 4) is 11.4 Å². The first-order valence-electron chi connectivity index (χ1n) is 7.00. The topological polar surface area (TPSA) is 44.1 Å². The number of methoxy groups -OCH3 is 1. The minimum atomic E-state index is -0.166. The van der Waals surface area contributed by atoms with Crippen molar-refractivity contribution < 1.29 is 9.53 Å². The number of carbonyl (C=O) groups excluding carboxylic acids is 1. The zero-order chi connectivity index (χ0) is 15.0. The first-order chi connectivity index (χ1) is 10.1. The first-order valence-corrected chi connectivity index (χ1v) is 7.37. The molecule has 110 valence electrons. The van der Waals surface area contributed by atoms with E-state index in [9.17, 15) is 4.79 Å². The third-order valence-electron chi connectivity index (χ3n) is 4.00. The molecule has 0 spiro atoms. The van der Waals surface area contributed by atoms with Gasteiger partial charge in [0.1, 0.15) is 5.82 Å². The fraction of sp³-hybridized carbons (Fsp3) is 0.375. The summed E-state index contributed by atoms with van der Waals surface area (Å²) in [5, 5.41) is 0.536. The summed E-state index contributed by atoms with van der Waals surface area (Å²) in [5.74, 6) is 0.529. The summed E-state index contributed by atoms with van der Waals surface area (Å²) in [7, 11) is 1.43. The molecule has 21 heavy (non-hydrogen) atoms. The van der Waals surface area contributed by atoms with Crippen LogP contribution in [0.5, 0.6) is 0 Å². The average Bonchev–Trinajstić information content (AvgIpc) is 2.84. The molecule has 0 aliphatic carbocycles. The highest BCUT2D eigenvalue weighted by molar-refractivity contribution is 6.30. The maximum Gasteiger partial charge on any atom is 0.310 e. The van der Waals surface area contributed by atoms with Gasteiger partial charge in [0.05, 0.1) is 18.7 Å². The number of aryl methyl sites for hydroxylation is 1. The second-order valence-electron chi connectivity index (χ2n) is 5.41. The van der Waals surface area contributed by atoms with Crippen molar-refractivity contribution in [1.29, 1.82) is 0 Å². The number of rotatable bonds is 2. The molecule has 2 aromatic rings. The highest BCUT2D eigenvalue weighted by atomic mass is 35.5. The van der Waals surface area contributed by atoms with Crippen LogP contribution in [-0.4, -0.2) is 22.6 Å². The number of esters is 1. The summed E-state index contributed by atoms with van der Waals surface area (Å²) in [6.07, 6.45) is 1.50. The number of benzene rings is 1. The molecule has 1 unspecified atom stereocenters. The van der Waals surface area contributed by atoms with Crippen molar-refractivity contribution in [3.63, 3.8) is 0 Å². The van der Waals surface area contributed by atoms with Gasteiger partial charge in [0.25, 0.3) is 0 Å². The monoisotopic (exact) mass is 304 g/mol. The lowest BCUT2D eigenvalue weighted by Crippen LogP contribution is -2.28. The number of fused-ring (bicyclic) bond motifs is 1. The molecule has 0 N–H and O–H groups in total. The van der Waals surface area contributed by atoms with Crippen LogP contribution in [0.2, 0.25) is 5.15 Å². The Morgan fingerprint density at radius 3 is 2.76 bits per heavy atom. The van der Waals surface area contributed by atoms with Crippen molar-refractivity contribution >= 4 is 17.6 Å². The van der Waals surface area contributed by atoms with Gasteiger partial charge in [0.2, 0.25) is 0 Å². The maximum absolute atomic E-state index is 11.8. The van der Waals surface area contributed by atoms with Gasteiger partial charge < -0.3 is 9.30 Å². The van der Waals surface area contributed by atoms with E-state index >= 15 is 0 Å². The number of halogens is 1. The predicted octanol–water partition coefficient (Wildman–Crippen LogP) is 3.25. The van der Waals surface area contributed by atoms with E-state index in [0.29, 0.717) is 11.7 Å². The van der Waals surface area contributed by atoms with E-state index in [1.54, 1.807) is 0 Å². The van der Waals surface area contributed by atoms with E-state index < -0.39 is 0 Å². The van der Waals surface area contributed by atoms with Gasteiger partial charge in [-0.1, -0.05) is 41.4 Å². The third-order valence-corrected chi connectivity index (χ3v) is 4.30. The molecule has 1 aromatic carbocycles. The van der Waals surface area contributed by atoms with E-state index in [0.717, 1.165) is 29.9 Å². The van der Waals surface area contributed by atoms with E-state index in [2.05, 4.69) is 9.55 Å². The second-order valence-corrected chi connectivity index (χ2v) is 5.77. The lowest BCUT2D eigenvalue weighted by Gasteiger charge is -2.23. The molecule has 5 heteroatoms. The minimum Gasteiger partial charge on any atom is -0.469 e. The fourth-order valence-electron chi connectivity index (χ4n) is 2.80. The van der Waals surface area contributed by atoms with Gasteiger partial charge in [-0.3, -0.25) is 4.79 Å². The summed E-state index contributed by atoms with van der Waals surface area (Å²) in [4.78, 5) is 16.3. The van der Waals surface area contributed by atoms with E-state index in [1.165, 1.54) is 12.7 Å². The normalized spacial score (nSPS) is 17.4. The summed E-state index contributed by atoms with van der Waals surface area (Å²) in [6.45, 7) is 2.62. The Bertz CT molecular complexity index is 676.